The van der Waals surface area contributed by atoms with Crippen molar-refractivity contribution < 1.29 is 9.90 Å². The van der Waals surface area contributed by atoms with Crippen LogP contribution in [0.4, 0.5) is 0 Å². The molecule has 1 fully saturated rings. The van der Waals surface area contributed by atoms with Crippen molar-refractivity contribution in [2.24, 2.45) is 17.6 Å². The van der Waals surface area contributed by atoms with Crippen LogP contribution in [-0.4, -0.2) is 41.7 Å². The predicted molar refractivity (Wildman–Crippen MR) is 59.2 cm³/mol. The molecule has 1 rings (SSSR count). The van der Waals surface area contributed by atoms with E-state index in [4.69, 9.17) is 5.73 Å². The van der Waals surface area contributed by atoms with Crippen molar-refractivity contribution in [1.82, 2.24) is 4.90 Å². The third-order valence-corrected chi connectivity index (χ3v) is 3.00. The second-order valence-corrected chi connectivity index (χ2v) is 4.79. The smallest absolute Gasteiger partial charge is 0.236 e. The first-order valence-electron chi connectivity index (χ1n) is 5.70. The van der Waals surface area contributed by atoms with E-state index in [1.54, 1.807) is 4.90 Å². The second-order valence-electron chi connectivity index (χ2n) is 4.79. The van der Waals surface area contributed by atoms with Crippen LogP contribution in [0.3, 0.4) is 0 Å². The van der Waals surface area contributed by atoms with Crippen LogP contribution in [0.2, 0.25) is 0 Å². The quantitative estimate of drug-likeness (QED) is 0.705. The molecule has 0 saturated carbocycles. The molecular formula is C11H22N2O2. The largest absolute Gasteiger partial charge is 0.393 e. The maximum Gasteiger partial charge on any atom is 0.236 e. The summed E-state index contributed by atoms with van der Waals surface area (Å²) in [7, 11) is 0. The van der Waals surface area contributed by atoms with Gasteiger partial charge in [0.2, 0.25) is 5.91 Å². The van der Waals surface area contributed by atoms with Gasteiger partial charge in [-0.25, -0.2) is 0 Å². The Labute approximate surface area is 91.4 Å². The van der Waals surface area contributed by atoms with Gasteiger partial charge in [0.1, 0.15) is 0 Å². The Kier molecular flexibility index (Phi) is 4.54. The number of nitrogens with two attached hydrogens (primary N) is 1. The van der Waals surface area contributed by atoms with E-state index < -0.39 is 0 Å². The zero-order valence-electron chi connectivity index (χ0n) is 9.65. The minimum atomic E-state index is -0.255. The molecule has 0 aromatic rings. The van der Waals surface area contributed by atoms with Crippen LogP contribution < -0.4 is 5.73 Å². The summed E-state index contributed by atoms with van der Waals surface area (Å²) in [5.74, 6) is 0.766. The van der Waals surface area contributed by atoms with Crippen molar-refractivity contribution in [2.45, 2.75) is 32.8 Å². The first-order valence-corrected chi connectivity index (χ1v) is 5.70. The molecule has 1 saturated heterocycles. The molecule has 0 aromatic heterocycles. The molecular weight excluding hydrogens is 192 g/mol. The van der Waals surface area contributed by atoms with Gasteiger partial charge >= 0.3 is 0 Å². The van der Waals surface area contributed by atoms with Gasteiger partial charge in [-0.3, -0.25) is 4.79 Å². The molecule has 4 nitrogen and oxygen atoms in total. The molecule has 0 aromatic carbocycles. The average molecular weight is 214 g/mol. The van der Waals surface area contributed by atoms with Gasteiger partial charge in [0, 0.05) is 19.0 Å². The van der Waals surface area contributed by atoms with E-state index in [0.29, 0.717) is 25.4 Å². The number of aliphatic hydroxyl groups excluding tert-OH is 1. The van der Waals surface area contributed by atoms with Crippen LogP contribution in [0, 0.1) is 11.8 Å². The molecule has 15 heavy (non-hydrogen) atoms. The van der Waals surface area contributed by atoms with Crippen molar-refractivity contribution in [3.05, 3.63) is 0 Å². The molecule has 1 heterocycles. The molecule has 0 spiro atoms. The SMILES string of the molecule is CC(C)CC1CN(C(=O)CN)CCC1O. The highest BCUT2D eigenvalue weighted by Gasteiger charge is 2.29. The molecule has 88 valence electrons. The lowest BCUT2D eigenvalue weighted by Gasteiger charge is -2.36. The van der Waals surface area contributed by atoms with E-state index in [9.17, 15) is 9.90 Å². The van der Waals surface area contributed by atoms with Gasteiger partial charge in [-0.2, -0.15) is 0 Å². The number of carbonyl (C=O) groups excluding carboxylic acids is 1. The third-order valence-electron chi connectivity index (χ3n) is 3.00. The first kappa shape index (κ1) is 12.5. The normalized spacial score (nSPS) is 27.1. The van der Waals surface area contributed by atoms with Gasteiger partial charge in [-0.15, -0.1) is 0 Å². The Morgan fingerprint density at radius 2 is 2.27 bits per heavy atom. The van der Waals surface area contributed by atoms with Crippen molar-refractivity contribution in [1.29, 1.82) is 0 Å². The highest BCUT2D eigenvalue weighted by Crippen LogP contribution is 2.23. The molecule has 0 bridgehead atoms. The molecule has 0 aliphatic carbocycles. The first-order chi connectivity index (χ1) is 7.04. The fourth-order valence-corrected chi connectivity index (χ4v) is 2.21. The fraction of sp³-hybridized carbons (Fsp3) is 0.909. The number of amides is 1. The molecule has 0 radical (unpaired) electrons. The van der Waals surface area contributed by atoms with E-state index in [0.717, 1.165) is 6.42 Å². The number of rotatable bonds is 3. The van der Waals surface area contributed by atoms with Gasteiger partial charge in [-0.05, 0) is 18.8 Å². The van der Waals surface area contributed by atoms with Crippen molar-refractivity contribution in [3.8, 4) is 0 Å². The summed E-state index contributed by atoms with van der Waals surface area (Å²) in [5.41, 5.74) is 5.33. The number of likely N-dealkylation sites (tertiary alicyclic amines) is 1. The van der Waals surface area contributed by atoms with Gasteiger partial charge in [0.25, 0.3) is 0 Å². The fourth-order valence-electron chi connectivity index (χ4n) is 2.21. The van der Waals surface area contributed by atoms with Crippen LogP contribution in [0.25, 0.3) is 0 Å². The van der Waals surface area contributed by atoms with E-state index in [1.807, 2.05) is 0 Å². The number of carbonyl (C=O) groups is 1. The predicted octanol–water partition coefficient (Wildman–Crippen LogP) is 0.201. The Morgan fingerprint density at radius 1 is 1.60 bits per heavy atom. The molecule has 1 aliphatic rings. The van der Waals surface area contributed by atoms with E-state index in [1.165, 1.54) is 0 Å². The lowest BCUT2D eigenvalue weighted by atomic mass is 9.87. The van der Waals surface area contributed by atoms with Crippen LogP contribution in [0.15, 0.2) is 0 Å². The summed E-state index contributed by atoms with van der Waals surface area (Å²) in [6.07, 6.45) is 1.40. The summed E-state index contributed by atoms with van der Waals surface area (Å²) in [4.78, 5) is 13.2. The summed E-state index contributed by atoms with van der Waals surface area (Å²) in [6, 6.07) is 0. The van der Waals surface area contributed by atoms with Gasteiger partial charge in [0.15, 0.2) is 0 Å². The minimum absolute atomic E-state index is 0.00402. The second kappa shape index (κ2) is 5.47. The summed E-state index contributed by atoms with van der Waals surface area (Å²) in [6.45, 7) is 5.65. The molecule has 1 aliphatic heterocycles. The zero-order chi connectivity index (χ0) is 11.4. The van der Waals surface area contributed by atoms with Crippen LogP contribution in [-0.2, 0) is 4.79 Å². The van der Waals surface area contributed by atoms with Crippen LogP contribution in [0.5, 0.6) is 0 Å². The number of hydrogen-bond donors (Lipinski definition) is 2. The number of aliphatic hydroxyl groups is 1. The lowest BCUT2D eigenvalue weighted by Crippen LogP contribution is -2.48. The van der Waals surface area contributed by atoms with E-state index in [2.05, 4.69) is 13.8 Å². The van der Waals surface area contributed by atoms with Crippen molar-refractivity contribution in [3.63, 3.8) is 0 Å². The standard InChI is InChI=1S/C11H22N2O2/c1-8(2)5-9-7-13(11(15)6-12)4-3-10(9)14/h8-10,14H,3-7,12H2,1-2H3. The van der Waals surface area contributed by atoms with Crippen molar-refractivity contribution >= 4 is 5.91 Å². The topological polar surface area (TPSA) is 66.6 Å². The molecule has 2 unspecified atom stereocenters. The highest BCUT2D eigenvalue weighted by atomic mass is 16.3. The molecule has 2 atom stereocenters. The summed E-state index contributed by atoms with van der Waals surface area (Å²) in [5, 5.41) is 9.82. The van der Waals surface area contributed by atoms with Gasteiger partial charge in [-0.1, -0.05) is 13.8 Å². The molecule has 3 N–H and O–H groups in total. The maximum atomic E-state index is 11.4. The molecule has 4 heteroatoms. The number of piperidine rings is 1. The third kappa shape index (κ3) is 3.47. The monoisotopic (exact) mass is 214 g/mol. The maximum absolute atomic E-state index is 11.4. The highest BCUT2D eigenvalue weighted by molar-refractivity contribution is 5.78. The molecule has 1 amide bonds. The van der Waals surface area contributed by atoms with Crippen LogP contribution >= 0.6 is 0 Å². The Morgan fingerprint density at radius 3 is 2.80 bits per heavy atom. The van der Waals surface area contributed by atoms with Gasteiger partial charge in [0.05, 0.1) is 12.6 Å². The average Bonchev–Trinajstić information content (AvgIpc) is 2.19. The number of nitrogens with zero attached hydrogens (tertiary/aromatic N) is 1. The van der Waals surface area contributed by atoms with Gasteiger partial charge < -0.3 is 15.7 Å². The number of hydrogen-bond acceptors (Lipinski definition) is 3. The lowest BCUT2D eigenvalue weighted by molar-refractivity contribution is -0.133. The Hall–Kier alpha value is -0.610. The van der Waals surface area contributed by atoms with E-state index in [-0.39, 0.29) is 24.5 Å². The van der Waals surface area contributed by atoms with E-state index >= 15 is 0 Å². The summed E-state index contributed by atoms with van der Waals surface area (Å²) < 4.78 is 0. The van der Waals surface area contributed by atoms with Crippen molar-refractivity contribution in [2.75, 3.05) is 19.6 Å². The zero-order valence-corrected chi connectivity index (χ0v) is 9.65. The van der Waals surface area contributed by atoms with Crippen LogP contribution in [0.1, 0.15) is 26.7 Å². The summed E-state index contributed by atoms with van der Waals surface area (Å²) >= 11 is 0. The minimum Gasteiger partial charge on any atom is -0.393 e. The Balaban J connectivity index is 2.51. The Bertz CT molecular complexity index is 219.